The monoisotopic (exact) mass is 375 g/mol. The van der Waals surface area contributed by atoms with E-state index < -0.39 is 23.0 Å². The average molecular weight is 376 g/mol. The summed E-state index contributed by atoms with van der Waals surface area (Å²) in [5, 5.41) is 25.4. The summed E-state index contributed by atoms with van der Waals surface area (Å²) in [6, 6.07) is 0. The Hall–Kier alpha value is -0.170. The summed E-state index contributed by atoms with van der Waals surface area (Å²) in [4.78, 5) is 12.5. The van der Waals surface area contributed by atoms with Gasteiger partial charge in [0.25, 0.3) is 0 Å². The van der Waals surface area contributed by atoms with E-state index in [1.807, 2.05) is 6.92 Å². The molecular weight excluding hydrogens is 350 g/mol. The fourth-order valence-electron chi connectivity index (χ4n) is 5.07. The minimum Gasteiger partial charge on any atom is -0.390 e. The van der Waals surface area contributed by atoms with E-state index in [0.717, 1.165) is 25.7 Å². The molecule has 126 valence electrons. The van der Waals surface area contributed by atoms with Crippen LogP contribution in [0.15, 0.2) is 0 Å². The van der Waals surface area contributed by atoms with E-state index in [4.69, 9.17) is 4.74 Å². The first kappa shape index (κ1) is 16.7. The van der Waals surface area contributed by atoms with E-state index in [-0.39, 0.29) is 17.7 Å². The average Bonchev–Trinajstić information content (AvgIpc) is 2.66. The van der Waals surface area contributed by atoms with Crippen molar-refractivity contribution in [3.05, 3.63) is 0 Å². The number of carbonyl (C=O) groups is 1. The van der Waals surface area contributed by atoms with Crippen molar-refractivity contribution in [1.29, 1.82) is 0 Å². The molecule has 1 aliphatic carbocycles. The molecule has 0 aromatic rings. The Balaban J connectivity index is 1.95. The van der Waals surface area contributed by atoms with Gasteiger partial charge in [0.05, 0.1) is 12.0 Å². The minimum atomic E-state index is -1.53. The Morgan fingerprint density at radius 1 is 1.36 bits per heavy atom. The predicted octanol–water partition coefficient (Wildman–Crippen LogP) is 1.69. The van der Waals surface area contributed by atoms with Gasteiger partial charge < -0.3 is 20.3 Å². The number of carbonyl (C=O) groups excluding carboxylic acids is 1. The quantitative estimate of drug-likeness (QED) is 0.653. The van der Waals surface area contributed by atoms with Crippen LogP contribution in [0.3, 0.4) is 0 Å². The second kappa shape index (κ2) is 5.43. The molecule has 0 spiro atoms. The van der Waals surface area contributed by atoms with E-state index in [9.17, 15) is 15.0 Å². The van der Waals surface area contributed by atoms with Crippen LogP contribution in [0.4, 0.5) is 0 Å². The van der Waals surface area contributed by atoms with Gasteiger partial charge in [-0.25, -0.2) is 0 Å². The second-order valence-corrected chi connectivity index (χ2v) is 8.16. The molecule has 5 unspecified atom stereocenters. The van der Waals surface area contributed by atoms with Crippen LogP contribution < -0.4 is 5.32 Å². The lowest BCUT2D eigenvalue weighted by atomic mass is 9.59. The molecule has 1 saturated carbocycles. The summed E-state index contributed by atoms with van der Waals surface area (Å²) in [6.07, 6.45) is 5.09. The number of halogens is 1. The van der Waals surface area contributed by atoms with Gasteiger partial charge in [0, 0.05) is 5.33 Å². The highest BCUT2D eigenvalue weighted by Crippen LogP contribution is 2.60. The van der Waals surface area contributed by atoms with Crippen molar-refractivity contribution in [1.82, 2.24) is 5.32 Å². The van der Waals surface area contributed by atoms with E-state index >= 15 is 0 Å². The first-order valence-corrected chi connectivity index (χ1v) is 9.41. The van der Waals surface area contributed by atoms with Crippen LogP contribution in [0, 0.1) is 11.8 Å². The third-order valence-electron chi connectivity index (χ3n) is 6.17. The van der Waals surface area contributed by atoms with Crippen LogP contribution in [0.2, 0.25) is 0 Å². The maximum Gasteiger partial charge on any atom is 0.226 e. The first-order chi connectivity index (χ1) is 10.3. The first-order valence-electron chi connectivity index (χ1n) is 8.29. The lowest BCUT2D eigenvalue weighted by molar-refractivity contribution is -0.431. The van der Waals surface area contributed by atoms with Crippen molar-refractivity contribution < 1.29 is 19.7 Å². The summed E-state index contributed by atoms with van der Waals surface area (Å²) in [5.74, 6) is -1.92. The van der Waals surface area contributed by atoms with Gasteiger partial charge in [0.1, 0.15) is 11.1 Å². The summed E-state index contributed by atoms with van der Waals surface area (Å²) in [5.41, 5.74) is -1.97. The predicted molar refractivity (Wildman–Crippen MR) is 85.5 cm³/mol. The molecule has 0 bridgehead atoms. The molecule has 2 heterocycles. The maximum atomic E-state index is 12.5. The van der Waals surface area contributed by atoms with Crippen molar-refractivity contribution in [3.8, 4) is 0 Å². The Bertz CT molecular complexity index is 465. The molecule has 5 nitrogen and oxygen atoms in total. The summed E-state index contributed by atoms with van der Waals surface area (Å²) < 4.78 is 5.78. The highest BCUT2D eigenvalue weighted by atomic mass is 79.9. The maximum absolute atomic E-state index is 12.5. The molecule has 0 aromatic carbocycles. The van der Waals surface area contributed by atoms with Crippen molar-refractivity contribution in [2.75, 3.05) is 5.33 Å². The number of ether oxygens (including phenoxy) is 1. The smallest absolute Gasteiger partial charge is 0.226 e. The summed E-state index contributed by atoms with van der Waals surface area (Å²) >= 11 is 3.38. The van der Waals surface area contributed by atoms with Crippen LogP contribution in [0.5, 0.6) is 0 Å². The molecule has 3 fully saturated rings. The van der Waals surface area contributed by atoms with E-state index in [2.05, 4.69) is 21.2 Å². The second-order valence-electron chi connectivity index (χ2n) is 7.36. The van der Waals surface area contributed by atoms with E-state index in [1.165, 1.54) is 6.42 Å². The number of hydrogen-bond acceptors (Lipinski definition) is 4. The summed E-state index contributed by atoms with van der Waals surface area (Å²) in [7, 11) is 0. The van der Waals surface area contributed by atoms with Crippen molar-refractivity contribution in [3.63, 3.8) is 0 Å². The molecule has 0 radical (unpaired) electrons. The molecule has 3 aliphatic rings. The third-order valence-corrected chi connectivity index (χ3v) is 6.62. The van der Waals surface area contributed by atoms with Crippen LogP contribution in [-0.2, 0) is 9.53 Å². The van der Waals surface area contributed by atoms with E-state index in [0.29, 0.717) is 11.8 Å². The Kier molecular flexibility index (Phi) is 4.12. The molecule has 5 atom stereocenters. The van der Waals surface area contributed by atoms with Crippen LogP contribution >= 0.6 is 15.9 Å². The normalized spacial score (nSPS) is 46.8. The van der Waals surface area contributed by atoms with Gasteiger partial charge in [-0.05, 0) is 39.0 Å². The third kappa shape index (κ3) is 1.96. The highest BCUT2D eigenvalue weighted by molar-refractivity contribution is 9.09. The molecule has 3 rings (SSSR count). The lowest BCUT2D eigenvalue weighted by Crippen LogP contribution is -2.87. The minimum absolute atomic E-state index is 0.103. The standard InChI is InChI=1S/C16H26BrNO4/c1-14-11(8-9-17)13(20)18-16(14,15(2,21)22-14)12(19)10-6-4-3-5-7-10/h10-12,19,21H,3-9H2,1-2H3,(H,18,20). The van der Waals surface area contributed by atoms with Gasteiger partial charge in [-0.15, -0.1) is 0 Å². The van der Waals surface area contributed by atoms with Crippen molar-refractivity contribution in [2.24, 2.45) is 11.8 Å². The number of aliphatic hydroxyl groups excluding tert-OH is 1. The zero-order valence-electron chi connectivity index (χ0n) is 13.3. The fourth-order valence-corrected chi connectivity index (χ4v) is 5.52. The van der Waals surface area contributed by atoms with Crippen molar-refractivity contribution >= 4 is 21.8 Å². The molecular formula is C16H26BrNO4. The molecule has 2 saturated heterocycles. The van der Waals surface area contributed by atoms with Crippen LogP contribution in [-0.4, -0.2) is 44.5 Å². The zero-order valence-corrected chi connectivity index (χ0v) is 14.9. The molecule has 0 aromatic heterocycles. The number of fused-ring (bicyclic) bond motifs is 1. The Labute approximate surface area is 139 Å². The number of aliphatic hydroxyl groups is 2. The Morgan fingerprint density at radius 2 is 2.00 bits per heavy atom. The van der Waals surface area contributed by atoms with E-state index in [1.54, 1.807) is 6.92 Å². The highest BCUT2D eigenvalue weighted by Gasteiger charge is 2.82. The van der Waals surface area contributed by atoms with Gasteiger partial charge >= 0.3 is 0 Å². The zero-order chi connectivity index (χ0) is 16.2. The summed E-state index contributed by atoms with van der Waals surface area (Å²) in [6.45, 7) is 3.40. The number of alkyl halides is 1. The van der Waals surface area contributed by atoms with Gasteiger partial charge in [-0.3, -0.25) is 4.79 Å². The lowest BCUT2D eigenvalue weighted by Gasteiger charge is -2.65. The largest absolute Gasteiger partial charge is 0.390 e. The molecule has 2 aliphatic heterocycles. The molecule has 6 heteroatoms. The number of nitrogens with one attached hydrogen (secondary N) is 1. The van der Waals surface area contributed by atoms with Gasteiger partial charge in [-0.1, -0.05) is 35.2 Å². The molecule has 22 heavy (non-hydrogen) atoms. The fraction of sp³-hybridized carbons (Fsp3) is 0.938. The SMILES string of the molecule is CC1(O)OC2(C)C(CCBr)C(=O)NC12C(O)C1CCCCC1. The topological polar surface area (TPSA) is 78.8 Å². The number of rotatable bonds is 4. The van der Waals surface area contributed by atoms with Gasteiger partial charge in [-0.2, -0.15) is 0 Å². The van der Waals surface area contributed by atoms with Gasteiger partial charge in [0.2, 0.25) is 5.91 Å². The Morgan fingerprint density at radius 3 is 2.55 bits per heavy atom. The molecule has 3 N–H and O–H groups in total. The molecule has 1 amide bonds. The number of hydrogen-bond donors (Lipinski definition) is 3. The van der Waals surface area contributed by atoms with Gasteiger partial charge in [0.15, 0.2) is 5.79 Å². The van der Waals surface area contributed by atoms with Crippen LogP contribution in [0.25, 0.3) is 0 Å². The van der Waals surface area contributed by atoms with Crippen molar-refractivity contribution in [2.45, 2.75) is 75.4 Å². The van der Waals surface area contributed by atoms with Crippen LogP contribution in [0.1, 0.15) is 52.4 Å². The number of amides is 1.